The molecule has 1 atom stereocenters. The zero-order valence-corrected chi connectivity index (χ0v) is 10.8. The summed E-state index contributed by atoms with van der Waals surface area (Å²) < 4.78 is 0. The Balaban J connectivity index is 1.63. The molecule has 0 radical (unpaired) electrons. The molecule has 2 fully saturated rings. The van der Waals surface area contributed by atoms with Crippen molar-refractivity contribution in [3.63, 3.8) is 0 Å². The number of piperidine rings is 1. The quantitative estimate of drug-likeness (QED) is 0.749. The Labute approximate surface area is 100.0 Å². The molecule has 0 aromatic rings. The molecule has 2 rings (SSSR count). The van der Waals surface area contributed by atoms with Crippen LogP contribution in [-0.2, 0) is 0 Å². The van der Waals surface area contributed by atoms with E-state index in [4.69, 9.17) is 0 Å². The number of rotatable bonds is 4. The molecule has 2 N–H and O–H groups in total. The Bertz CT molecular complexity index is 199. The summed E-state index contributed by atoms with van der Waals surface area (Å²) in [6.07, 6.45) is 4.00. The molecule has 2 saturated heterocycles. The fraction of sp³-hybridized carbons (Fsp3) is 1.00. The highest BCUT2D eigenvalue weighted by atomic mass is 15.2. The second-order valence-corrected chi connectivity index (χ2v) is 5.68. The average Bonchev–Trinajstić information content (AvgIpc) is 2.76. The van der Waals surface area contributed by atoms with Crippen LogP contribution in [0.3, 0.4) is 0 Å². The summed E-state index contributed by atoms with van der Waals surface area (Å²) in [5.74, 6) is 0.886. The minimum Gasteiger partial charge on any atom is -0.317 e. The van der Waals surface area contributed by atoms with Gasteiger partial charge in [-0.15, -0.1) is 0 Å². The van der Waals surface area contributed by atoms with Crippen LogP contribution >= 0.6 is 0 Å². The van der Waals surface area contributed by atoms with Crippen LogP contribution in [0.25, 0.3) is 0 Å². The van der Waals surface area contributed by atoms with E-state index in [1.54, 1.807) is 0 Å². The molecule has 2 aliphatic rings. The van der Waals surface area contributed by atoms with Gasteiger partial charge in [-0.3, -0.25) is 0 Å². The van der Waals surface area contributed by atoms with E-state index in [2.05, 4.69) is 29.4 Å². The fourth-order valence-corrected chi connectivity index (χ4v) is 2.86. The van der Waals surface area contributed by atoms with Crippen molar-refractivity contribution in [2.45, 2.75) is 45.2 Å². The van der Waals surface area contributed by atoms with Gasteiger partial charge in [0.25, 0.3) is 0 Å². The average molecular weight is 225 g/mol. The smallest absolute Gasteiger partial charge is 0.00913 e. The van der Waals surface area contributed by atoms with Crippen molar-refractivity contribution in [2.75, 3.05) is 32.7 Å². The molecule has 0 aliphatic carbocycles. The molecular weight excluding hydrogens is 198 g/mol. The first-order valence-electron chi connectivity index (χ1n) is 6.94. The van der Waals surface area contributed by atoms with Gasteiger partial charge in [-0.25, -0.2) is 0 Å². The van der Waals surface area contributed by atoms with Crippen molar-refractivity contribution in [2.24, 2.45) is 5.92 Å². The lowest BCUT2D eigenvalue weighted by Crippen LogP contribution is -2.42. The molecule has 0 amide bonds. The Morgan fingerprint density at radius 2 is 2.00 bits per heavy atom. The predicted molar refractivity (Wildman–Crippen MR) is 68.7 cm³/mol. The van der Waals surface area contributed by atoms with Gasteiger partial charge in [-0.1, -0.05) is 0 Å². The van der Waals surface area contributed by atoms with Crippen molar-refractivity contribution in [3.8, 4) is 0 Å². The van der Waals surface area contributed by atoms with Crippen molar-refractivity contribution in [3.05, 3.63) is 0 Å². The molecular formula is C13H27N3. The molecule has 94 valence electrons. The number of nitrogens with zero attached hydrogens (tertiary/aromatic N) is 1. The summed E-state index contributed by atoms with van der Waals surface area (Å²) in [6, 6.07) is 1.50. The Morgan fingerprint density at radius 1 is 1.25 bits per heavy atom. The maximum atomic E-state index is 3.76. The van der Waals surface area contributed by atoms with Crippen molar-refractivity contribution >= 4 is 0 Å². The maximum Gasteiger partial charge on any atom is 0.00913 e. The molecule has 0 saturated carbocycles. The van der Waals surface area contributed by atoms with Crippen LogP contribution in [0.15, 0.2) is 0 Å². The number of nitrogens with one attached hydrogen (secondary N) is 2. The van der Waals surface area contributed by atoms with Crippen molar-refractivity contribution in [1.82, 2.24) is 15.5 Å². The van der Waals surface area contributed by atoms with E-state index >= 15 is 0 Å². The normalized spacial score (nSPS) is 29.1. The Kier molecular flexibility index (Phi) is 4.62. The molecule has 2 aliphatic heterocycles. The van der Waals surface area contributed by atoms with Gasteiger partial charge in [0.1, 0.15) is 0 Å². The maximum absolute atomic E-state index is 3.76. The molecule has 1 unspecified atom stereocenters. The summed E-state index contributed by atoms with van der Waals surface area (Å²) in [7, 11) is 0. The van der Waals surface area contributed by atoms with Gasteiger partial charge >= 0.3 is 0 Å². The van der Waals surface area contributed by atoms with Crippen molar-refractivity contribution < 1.29 is 0 Å². The summed E-state index contributed by atoms with van der Waals surface area (Å²) in [4.78, 5) is 2.61. The van der Waals surface area contributed by atoms with Crippen LogP contribution in [0.4, 0.5) is 0 Å². The first-order valence-corrected chi connectivity index (χ1v) is 6.94. The molecule has 0 aromatic heterocycles. The molecule has 16 heavy (non-hydrogen) atoms. The van der Waals surface area contributed by atoms with Gasteiger partial charge in [-0.2, -0.15) is 0 Å². The largest absolute Gasteiger partial charge is 0.317 e. The fourth-order valence-electron chi connectivity index (χ4n) is 2.86. The monoisotopic (exact) mass is 225 g/mol. The van der Waals surface area contributed by atoms with E-state index in [1.165, 1.54) is 52.0 Å². The van der Waals surface area contributed by atoms with E-state index in [0.29, 0.717) is 0 Å². The van der Waals surface area contributed by atoms with Crippen LogP contribution < -0.4 is 10.6 Å². The first-order chi connectivity index (χ1) is 7.75. The third kappa shape index (κ3) is 3.44. The summed E-state index contributed by atoms with van der Waals surface area (Å²) in [5.41, 5.74) is 0. The SMILES string of the molecule is CC(C)N1CCC(CNC2CCNCC2)C1. The second-order valence-electron chi connectivity index (χ2n) is 5.68. The van der Waals surface area contributed by atoms with Crippen molar-refractivity contribution in [1.29, 1.82) is 0 Å². The molecule has 2 heterocycles. The zero-order chi connectivity index (χ0) is 11.4. The van der Waals surface area contributed by atoms with Gasteiger partial charge in [-0.05, 0) is 65.2 Å². The third-order valence-corrected chi connectivity index (χ3v) is 4.08. The van der Waals surface area contributed by atoms with Gasteiger partial charge < -0.3 is 15.5 Å². The van der Waals surface area contributed by atoms with Gasteiger partial charge in [0.05, 0.1) is 0 Å². The highest BCUT2D eigenvalue weighted by Gasteiger charge is 2.24. The standard InChI is InChI=1S/C13H27N3/c1-11(2)16-8-5-12(10-16)9-15-13-3-6-14-7-4-13/h11-15H,3-10H2,1-2H3. The van der Waals surface area contributed by atoms with E-state index in [0.717, 1.165) is 18.0 Å². The van der Waals surface area contributed by atoms with E-state index in [9.17, 15) is 0 Å². The summed E-state index contributed by atoms with van der Waals surface area (Å²) >= 11 is 0. The zero-order valence-electron chi connectivity index (χ0n) is 10.8. The van der Waals surface area contributed by atoms with E-state index in [1.807, 2.05) is 0 Å². The van der Waals surface area contributed by atoms with Crippen LogP contribution in [0.2, 0.25) is 0 Å². The van der Waals surface area contributed by atoms with Gasteiger partial charge in [0, 0.05) is 18.6 Å². The third-order valence-electron chi connectivity index (χ3n) is 4.08. The van der Waals surface area contributed by atoms with Crippen LogP contribution in [0.1, 0.15) is 33.1 Å². The van der Waals surface area contributed by atoms with Crippen LogP contribution in [0, 0.1) is 5.92 Å². The lowest BCUT2D eigenvalue weighted by Gasteiger charge is -2.25. The molecule has 0 bridgehead atoms. The van der Waals surface area contributed by atoms with E-state index in [-0.39, 0.29) is 0 Å². The highest BCUT2D eigenvalue weighted by molar-refractivity contribution is 4.81. The summed E-state index contributed by atoms with van der Waals surface area (Å²) in [5, 5.41) is 7.17. The van der Waals surface area contributed by atoms with Gasteiger partial charge in [0.15, 0.2) is 0 Å². The highest BCUT2D eigenvalue weighted by Crippen LogP contribution is 2.18. The molecule has 3 nitrogen and oxygen atoms in total. The van der Waals surface area contributed by atoms with Gasteiger partial charge in [0.2, 0.25) is 0 Å². The molecule has 3 heteroatoms. The topological polar surface area (TPSA) is 27.3 Å². The summed E-state index contributed by atoms with van der Waals surface area (Å²) in [6.45, 7) is 10.8. The lowest BCUT2D eigenvalue weighted by atomic mass is 10.0. The number of likely N-dealkylation sites (tertiary alicyclic amines) is 1. The number of hydrogen-bond donors (Lipinski definition) is 2. The predicted octanol–water partition coefficient (Wildman–Crippen LogP) is 1.06. The minimum absolute atomic E-state index is 0.726. The molecule has 0 spiro atoms. The molecule has 0 aromatic carbocycles. The first kappa shape index (κ1) is 12.3. The van der Waals surface area contributed by atoms with E-state index < -0.39 is 0 Å². The Hall–Kier alpha value is -0.120. The van der Waals surface area contributed by atoms with Crippen LogP contribution in [0.5, 0.6) is 0 Å². The lowest BCUT2D eigenvalue weighted by molar-refractivity contribution is 0.261. The minimum atomic E-state index is 0.726. The van der Waals surface area contributed by atoms with Crippen LogP contribution in [-0.4, -0.2) is 49.7 Å². The second kappa shape index (κ2) is 5.99. The Morgan fingerprint density at radius 3 is 2.62 bits per heavy atom. The number of hydrogen-bond acceptors (Lipinski definition) is 3.